The number of benzene rings is 4. The number of carbonyl (C=O) groups excluding carboxylic acids is 1. The fraction of sp³-hybridized carbons (Fsp3) is 0.0400. The number of nitrogens with zero attached hydrogens (tertiary/aromatic N) is 1. The van der Waals surface area contributed by atoms with Gasteiger partial charge in [0.05, 0.1) is 6.42 Å². The molecule has 0 saturated carbocycles. The number of carbonyl (C=O) groups is 1. The SMILES string of the molecule is O=C(Cc1ccccc1)Nc1cccc(-c2nc3c(ccc4ccccc43)o2)c1. The Morgan fingerprint density at radius 1 is 0.862 bits per heavy atom. The van der Waals surface area contributed by atoms with Gasteiger partial charge in [-0.25, -0.2) is 4.98 Å². The fourth-order valence-corrected chi connectivity index (χ4v) is 3.50. The number of hydrogen-bond acceptors (Lipinski definition) is 3. The number of rotatable bonds is 4. The molecule has 4 aromatic carbocycles. The molecule has 1 amide bonds. The summed E-state index contributed by atoms with van der Waals surface area (Å²) in [7, 11) is 0. The molecule has 0 bridgehead atoms. The van der Waals surface area contributed by atoms with Crippen LogP contribution in [0.1, 0.15) is 5.56 Å². The van der Waals surface area contributed by atoms with Crippen LogP contribution in [0.3, 0.4) is 0 Å². The highest BCUT2D eigenvalue weighted by Crippen LogP contribution is 2.30. The van der Waals surface area contributed by atoms with Gasteiger partial charge in [-0.05, 0) is 35.2 Å². The van der Waals surface area contributed by atoms with Gasteiger partial charge < -0.3 is 9.73 Å². The van der Waals surface area contributed by atoms with Crippen LogP contribution in [0, 0.1) is 0 Å². The van der Waals surface area contributed by atoms with E-state index in [1.165, 1.54) is 0 Å². The Labute approximate surface area is 167 Å². The van der Waals surface area contributed by atoms with Crippen molar-refractivity contribution < 1.29 is 9.21 Å². The highest BCUT2D eigenvalue weighted by molar-refractivity contribution is 6.04. The van der Waals surface area contributed by atoms with Crippen molar-refractivity contribution in [3.8, 4) is 11.5 Å². The maximum absolute atomic E-state index is 12.4. The number of anilines is 1. The van der Waals surface area contributed by atoms with E-state index in [0.29, 0.717) is 12.3 Å². The second-order valence-corrected chi connectivity index (χ2v) is 6.94. The number of hydrogen-bond donors (Lipinski definition) is 1. The number of oxazole rings is 1. The average molecular weight is 378 g/mol. The third-order valence-electron chi connectivity index (χ3n) is 4.88. The molecule has 0 radical (unpaired) electrons. The fourth-order valence-electron chi connectivity index (χ4n) is 3.50. The Hall–Kier alpha value is -3.92. The summed E-state index contributed by atoms with van der Waals surface area (Å²) >= 11 is 0. The molecule has 1 heterocycles. The van der Waals surface area contributed by atoms with Crippen LogP contribution in [0.2, 0.25) is 0 Å². The molecule has 0 aliphatic heterocycles. The smallest absolute Gasteiger partial charge is 0.228 e. The summed E-state index contributed by atoms with van der Waals surface area (Å²) in [5, 5.41) is 5.14. The quantitative estimate of drug-likeness (QED) is 0.428. The number of nitrogens with one attached hydrogen (secondary N) is 1. The summed E-state index contributed by atoms with van der Waals surface area (Å²) in [6, 6.07) is 29.4. The van der Waals surface area contributed by atoms with E-state index in [4.69, 9.17) is 9.40 Å². The van der Waals surface area contributed by atoms with E-state index < -0.39 is 0 Å². The van der Waals surface area contributed by atoms with E-state index >= 15 is 0 Å². The molecular weight excluding hydrogens is 360 g/mol. The van der Waals surface area contributed by atoms with Crippen molar-refractivity contribution in [2.75, 3.05) is 5.32 Å². The third kappa shape index (κ3) is 3.48. The first-order valence-electron chi connectivity index (χ1n) is 9.49. The van der Waals surface area contributed by atoms with Gasteiger partial charge in [0.2, 0.25) is 11.8 Å². The summed E-state index contributed by atoms with van der Waals surface area (Å²) in [5.74, 6) is 0.479. The van der Waals surface area contributed by atoms with Gasteiger partial charge in [-0.3, -0.25) is 4.79 Å². The monoisotopic (exact) mass is 378 g/mol. The molecule has 140 valence electrons. The zero-order chi connectivity index (χ0) is 19.6. The van der Waals surface area contributed by atoms with Gasteiger partial charge in [-0.1, -0.05) is 66.7 Å². The lowest BCUT2D eigenvalue weighted by atomic mass is 10.1. The lowest BCUT2D eigenvalue weighted by molar-refractivity contribution is -0.115. The van der Waals surface area contributed by atoms with Crippen molar-refractivity contribution in [1.29, 1.82) is 0 Å². The van der Waals surface area contributed by atoms with Crippen LogP contribution in [0.5, 0.6) is 0 Å². The Morgan fingerprint density at radius 2 is 1.69 bits per heavy atom. The molecule has 4 heteroatoms. The van der Waals surface area contributed by atoms with Crippen LogP contribution in [-0.2, 0) is 11.2 Å². The molecule has 1 aromatic heterocycles. The standard InChI is InChI=1S/C25H18N2O2/c28-23(15-17-7-2-1-3-8-17)26-20-11-6-10-19(16-20)25-27-24-21-12-5-4-9-18(21)13-14-22(24)29-25/h1-14,16H,15H2,(H,26,28). The second kappa shape index (κ2) is 7.24. The molecule has 0 saturated heterocycles. The summed E-state index contributed by atoms with van der Waals surface area (Å²) < 4.78 is 5.99. The first-order chi connectivity index (χ1) is 14.3. The predicted octanol–water partition coefficient (Wildman–Crippen LogP) is 5.83. The van der Waals surface area contributed by atoms with Crippen LogP contribution < -0.4 is 5.32 Å². The van der Waals surface area contributed by atoms with Crippen molar-refractivity contribution in [1.82, 2.24) is 4.98 Å². The first kappa shape index (κ1) is 17.2. The Morgan fingerprint density at radius 3 is 2.59 bits per heavy atom. The van der Waals surface area contributed by atoms with E-state index in [-0.39, 0.29) is 5.91 Å². The van der Waals surface area contributed by atoms with Crippen molar-refractivity contribution in [2.24, 2.45) is 0 Å². The maximum atomic E-state index is 12.4. The Balaban J connectivity index is 1.43. The summed E-state index contributed by atoms with van der Waals surface area (Å²) in [4.78, 5) is 17.1. The molecule has 0 aliphatic rings. The normalized spacial score (nSPS) is 11.0. The van der Waals surface area contributed by atoms with E-state index in [1.54, 1.807) is 0 Å². The van der Waals surface area contributed by atoms with E-state index in [1.807, 2.05) is 84.9 Å². The van der Waals surface area contributed by atoms with Gasteiger partial charge >= 0.3 is 0 Å². The van der Waals surface area contributed by atoms with Crippen LogP contribution in [0.25, 0.3) is 33.3 Å². The number of fused-ring (bicyclic) bond motifs is 3. The maximum Gasteiger partial charge on any atom is 0.228 e. The number of aromatic nitrogens is 1. The van der Waals surface area contributed by atoms with Crippen LogP contribution in [0.4, 0.5) is 5.69 Å². The molecule has 4 nitrogen and oxygen atoms in total. The van der Waals surface area contributed by atoms with E-state index in [0.717, 1.165) is 38.7 Å². The molecule has 1 N–H and O–H groups in total. The van der Waals surface area contributed by atoms with Crippen LogP contribution in [0.15, 0.2) is 95.4 Å². The molecule has 29 heavy (non-hydrogen) atoms. The lowest BCUT2D eigenvalue weighted by Crippen LogP contribution is -2.14. The summed E-state index contributed by atoms with van der Waals surface area (Å²) in [6.07, 6.45) is 0.333. The third-order valence-corrected chi connectivity index (χ3v) is 4.88. The zero-order valence-corrected chi connectivity index (χ0v) is 15.6. The van der Waals surface area contributed by atoms with Gasteiger partial charge in [0, 0.05) is 16.6 Å². The van der Waals surface area contributed by atoms with Crippen LogP contribution in [-0.4, -0.2) is 10.9 Å². The largest absolute Gasteiger partial charge is 0.436 e. The van der Waals surface area contributed by atoms with Crippen molar-refractivity contribution in [3.05, 3.63) is 96.6 Å². The molecule has 5 rings (SSSR count). The van der Waals surface area contributed by atoms with Crippen molar-refractivity contribution in [2.45, 2.75) is 6.42 Å². The highest BCUT2D eigenvalue weighted by Gasteiger charge is 2.12. The molecule has 5 aromatic rings. The Bertz CT molecular complexity index is 1320. The van der Waals surface area contributed by atoms with Gasteiger partial charge in [0.25, 0.3) is 0 Å². The van der Waals surface area contributed by atoms with E-state index in [9.17, 15) is 4.79 Å². The highest BCUT2D eigenvalue weighted by atomic mass is 16.3. The Kier molecular flexibility index (Phi) is 4.30. The number of amides is 1. The molecular formula is C25H18N2O2. The van der Waals surface area contributed by atoms with Gasteiger partial charge in [0.1, 0.15) is 5.52 Å². The van der Waals surface area contributed by atoms with Crippen molar-refractivity contribution in [3.63, 3.8) is 0 Å². The second-order valence-electron chi connectivity index (χ2n) is 6.94. The predicted molar refractivity (Wildman–Crippen MR) is 116 cm³/mol. The minimum Gasteiger partial charge on any atom is -0.436 e. The molecule has 0 fully saturated rings. The van der Waals surface area contributed by atoms with Gasteiger partial charge in [0.15, 0.2) is 5.58 Å². The molecule has 0 unspecified atom stereocenters. The molecule has 0 atom stereocenters. The minimum atomic E-state index is -0.0584. The molecule has 0 spiro atoms. The van der Waals surface area contributed by atoms with Gasteiger partial charge in [-0.15, -0.1) is 0 Å². The van der Waals surface area contributed by atoms with E-state index in [2.05, 4.69) is 11.4 Å². The minimum absolute atomic E-state index is 0.0584. The van der Waals surface area contributed by atoms with Crippen LogP contribution >= 0.6 is 0 Å². The summed E-state index contributed by atoms with van der Waals surface area (Å²) in [6.45, 7) is 0. The first-order valence-corrected chi connectivity index (χ1v) is 9.49. The lowest BCUT2D eigenvalue weighted by Gasteiger charge is -2.06. The average Bonchev–Trinajstić information content (AvgIpc) is 3.20. The molecule has 0 aliphatic carbocycles. The zero-order valence-electron chi connectivity index (χ0n) is 15.6. The van der Waals surface area contributed by atoms with Gasteiger partial charge in [-0.2, -0.15) is 0 Å². The summed E-state index contributed by atoms with van der Waals surface area (Å²) in [5.41, 5.74) is 4.11. The topological polar surface area (TPSA) is 55.1 Å². The van der Waals surface area contributed by atoms with Crippen molar-refractivity contribution >= 4 is 33.5 Å².